The van der Waals surface area contributed by atoms with Crippen molar-refractivity contribution in [3.05, 3.63) is 29.8 Å². The first kappa shape index (κ1) is 18.8. The Labute approximate surface area is 148 Å². The van der Waals surface area contributed by atoms with Gasteiger partial charge < -0.3 is 19.1 Å². The molecule has 1 aromatic rings. The van der Waals surface area contributed by atoms with Crippen molar-refractivity contribution < 1.29 is 23.8 Å². The monoisotopic (exact) mass is 347 g/mol. The molecular weight excluding hydrogens is 322 g/mol. The van der Waals surface area contributed by atoms with Crippen LogP contribution in [0.3, 0.4) is 0 Å². The largest absolute Gasteiger partial charge is 0.486 e. The summed E-state index contributed by atoms with van der Waals surface area (Å²) in [6.07, 6.45) is 2.92. The minimum Gasteiger partial charge on any atom is -0.486 e. The molecule has 2 rings (SSSR count). The Morgan fingerprint density at radius 2 is 1.76 bits per heavy atom. The zero-order valence-electron chi connectivity index (χ0n) is 15.2. The van der Waals surface area contributed by atoms with Gasteiger partial charge in [0.15, 0.2) is 18.1 Å². The Morgan fingerprint density at radius 3 is 2.40 bits per heavy atom. The molecule has 6 nitrogen and oxygen atoms in total. The van der Waals surface area contributed by atoms with Crippen molar-refractivity contribution >= 4 is 18.0 Å². The van der Waals surface area contributed by atoms with Gasteiger partial charge in [-0.1, -0.05) is 6.07 Å². The third kappa shape index (κ3) is 5.24. The van der Waals surface area contributed by atoms with E-state index in [1.807, 2.05) is 33.8 Å². The van der Waals surface area contributed by atoms with E-state index >= 15 is 0 Å². The highest BCUT2D eigenvalue weighted by Gasteiger charge is 2.20. The highest BCUT2D eigenvalue weighted by molar-refractivity contribution is 5.89. The molecule has 0 saturated carbocycles. The second kappa shape index (κ2) is 8.55. The number of ether oxygens (including phenoxy) is 3. The number of nitrogens with zero attached hydrogens (tertiary/aromatic N) is 1. The minimum atomic E-state index is -0.560. The van der Waals surface area contributed by atoms with Gasteiger partial charge in [0.05, 0.1) is 0 Å². The van der Waals surface area contributed by atoms with Gasteiger partial charge in [-0.25, -0.2) is 4.79 Å². The molecule has 1 aliphatic heterocycles. The van der Waals surface area contributed by atoms with Gasteiger partial charge in [-0.3, -0.25) is 4.79 Å². The Morgan fingerprint density at radius 1 is 1.12 bits per heavy atom. The molecule has 0 fully saturated rings. The van der Waals surface area contributed by atoms with E-state index in [0.717, 1.165) is 5.56 Å². The highest BCUT2D eigenvalue weighted by atomic mass is 16.6. The van der Waals surface area contributed by atoms with Crippen LogP contribution in [0.5, 0.6) is 11.5 Å². The van der Waals surface area contributed by atoms with Gasteiger partial charge in [-0.15, -0.1) is 0 Å². The minimum absolute atomic E-state index is 0.0551. The normalized spacial score (nSPS) is 13.4. The number of fused-ring (bicyclic) bond motifs is 1. The molecule has 0 bridgehead atoms. The van der Waals surface area contributed by atoms with Gasteiger partial charge in [0.2, 0.25) is 0 Å². The number of rotatable bonds is 6. The Balaban J connectivity index is 1.89. The maximum absolute atomic E-state index is 12.2. The van der Waals surface area contributed by atoms with Gasteiger partial charge in [0.25, 0.3) is 5.91 Å². The maximum Gasteiger partial charge on any atom is 0.331 e. The lowest BCUT2D eigenvalue weighted by molar-refractivity contribution is -0.150. The van der Waals surface area contributed by atoms with E-state index in [1.165, 1.54) is 6.08 Å². The summed E-state index contributed by atoms with van der Waals surface area (Å²) in [5, 5.41) is 0. The summed E-state index contributed by atoms with van der Waals surface area (Å²) in [6, 6.07) is 5.52. The van der Waals surface area contributed by atoms with Gasteiger partial charge in [-0.2, -0.15) is 0 Å². The number of carbonyl (C=O) groups excluding carboxylic acids is 2. The van der Waals surface area contributed by atoms with E-state index in [4.69, 9.17) is 14.2 Å². The molecule has 0 N–H and O–H groups in total. The molecular formula is C19H25NO5. The molecule has 0 aromatic heterocycles. The zero-order chi connectivity index (χ0) is 18.4. The molecule has 25 heavy (non-hydrogen) atoms. The van der Waals surface area contributed by atoms with Crippen molar-refractivity contribution in [1.29, 1.82) is 0 Å². The van der Waals surface area contributed by atoms with Crippen LogP contribution in [-0.4, -0.2) is 48.7 Å². The summed E-state index contributed by atoms with van der Waals surface area (Å²) in [7, 11) is 0. The van der Waals surface area contributed by atoms with Crippen molar-refractivity contribution in [3.8, 4) is 11.5 Å². The zero-order valence-corrected chi connectivity index (χ0v) is 15.2. The van der Waals surface area contributed by atoms with Crippen molar-refractivity contribution in [2.24, 2.45) is 0 Å². The van der Waals surface area contributed by atoms with Crippen LogP contribution in [0.1, 0.15) is 33.3 Å². The SMILES string of the molecule is CC(C)N(C(=O)COC(=O)/C=C/c1ccc2c(c1)OCCO2)C(C)C. The lowest BCUT2D eigenvalue weighted by Crippen LogP contribution is -2.44. The van der Waals surface area contributed by atoms with Gasteiger partial charge in [-0.05, 0) is 51.5 Å². The average molecular weight is 347 g/mol. The number of hydrogen-bond donors (Lipinski definition) is 0. The fraction of sp³-hybridized carbons (Fsp3) is 0.474. The molecule has 0 aliphatic carbocycles. The Kier molecular flexibility index (Phi) is 6.44. The third-order valence-electron chi connectivity index (χ3n) is 3.72. The molecule has 6 heteroatoms. The standard InChI is InChI=1S/C19H25NO5/c1-13(2)20(14(3)4)18(21)12-25-19(22)8-6-15-5-7-16-17(11-15)24-10-9-23-16/h5-8,11,13-14H,9-10,12H2,1-4H3/b8-6+. The van der Waals surface area contributed by atoms with E-state index in [0.29, 0.717) is 24.7 Å². The van der Waals surface area contributed by atoms with E-state index in [-0.39, 0.29) is 24.6 Å². The summed E-state index contributed by atoms with van der Waals surface area (Å²) in [5.41, 5.74) is 0.790. The summed E-state index contributed by atoms with van der Waals surface area (Å²) in [5.74, 6) is 0.585. The molecule has 0 atom stereocenters. The topological polar surface area (TPSA) is 65.1 Å². The number of amides is 1. The summed E-state index contributed by atoms with van der Waals surface area (Å²) < 4.78 is 16.0. The molecule has 0 saturated heterocycles. The van der Waals surface area contributed by atoms with Gasteiger partial charge >= 0.3 is 5.97 Å². The average Bonchev–Trinajstić information content (AvgIpc) is 2.57. The van der Waals surface area contributed by atoms with Crippen LogP contribution in [0.15, 0.2) is 24.3 Å². The first-order valence-corrected chi connectivity index (χ1v) is 8.44. The highest BCUT2D eigenvalue weighted by Crippen LogP contribution is 2.31. The lowest BCUT2D eigenvalue weighted by Gasteiger charge is -2.30. The lowest BCUT2D eigenvalue weighted by atomic mass is 10.2. The molecule has 0 spiro atoms. The summed E-state index contributed by atoms with van der Waals surface area (Å²) in [6.45, 7) is 8.51. The molecule has 1 aromatic carbocycles. The van der Waals surface area contributed by atoms with Crippen molar-refractivity contribution in [2.75, 3.05) is 19.8 Å². The number of benzene rings is 1. The number of esters is 1. The van der Waals surface area contributed by atoms with Gasteiger partial charge in [0, 0.05) is 18.2 Å². The molecule has 1 heterocycles. The third-order valence-corrected chi connectivity index (χ3v) is 3.72. The van der Waals surface area contributed by atoms with Crippen molar-refractivity contribution in [1.82, 2.24) is 4.90 Å². The Hall–Kier alpha value is -2.50. The van der Waals surface area contributed by atoms with E-state index in [1.54, 1.807) is 23.1 Å². The van der Waals surface area contributed by atoms with Crippen molar-refractivity contribution in [3.63, 3.8) is 0 Å². The van der Waals surface area contributed by atoms with Crippen LogP contribution in [0.4, 0.5) is 0 Å². The second-order valence-corrected chi connectivity index (χ2v) is 6.33. The second-order valence-electron chi connectivity index (χ2n) is 6.33. The number of carbonyl (C=O) groups is 2. The van der Waals surface area contributed by atoms with Crippen LogP contribution in [0.2, 0.25) is 0 Å². The first-order valence-electron chi connectivity index (χ1n) is 8.44. The van der Waals surface area contributed by atoms with Crippen molar-refractivity contribution in [2.45, 2.75) is 39.8 Å². The first-order chi connectivity index (χ1) is 11.9. The molecule has 136 valence electrons. The summed E-state index contributed by atoms with van der Waals surface area (Å²) >= 11 is 0. The summed E-state index contributed by atoms with van der Waals surface area (Å²) in [4.78, 5) is 25.7. The van der Waals surface area contributed by atoms with E-state index in [2.05, 4.69) is 0 Å². The molecule has 1 aliphatic rings. The fourth-order valence-electron chi connectivity index (χ4n) is 2.76. The van der Waals surface area contributed by atoms with Crippen LogP contribution >= 0.6 is 0 Å². The van der Waals surface area contributed by atoms with Crippen LogP contribution in [0.25, 0.3) is 6.08 Å². The predicted octanol–water partition coefficient (Wildman–Crippen LogP) is 2.66. The molecule has 0 radical (unpaired) electrons. The number of hydrogen-bond acceptors (Lipinski definition) is 5. The van der Waals surface area contributed by atoms with Crippen LogP contribution in [-0.2, 0) is 14.3 Å². The van der Waals surface area contributed by atoms with Crippen LogP contribution < -0.4 is 9.47 Å². The Bertz CT molecular complexity index is 643. The maximum atomic E-state index is 12.2. The smallest absolute Gasteiger partial charge is 0.331 e. The molecule has 1 amide bonds. The fourth-order valence-corrected chi connectivity index (χ4v) is 2.76. The van der Waals surface area contributed by atoms with Gasteiger partial charge in [0.1, 0.15) is 13.2 Å². The predicted molar refractivity (Wildman–Crippen MR) is 94.5 cm³/mol. The van der Waals surface area contributed by atoms with E-state index < -0.39 is 5.97 Å². The van der Waals surface area contributed by atoms with E-state index in [9.17, 15) is 9.59 Å². The molecule has 0 unspecified atom stereocenters. The van der Waals surface area contributed by atoms with Crippen LogP contribution in [0, 0.1) is 0 Å². The quantitative estimate of drug-likeness (QED) is 0.585.